The van der Waals surface area contributed by atoms with Gasteiger partial charge in [-0.15, -0.1) is 0 Å². The summed E-state index contributed by atoms with van der Waals surface area (Å²) in [6.07, 6.45) is 8.35. The van der Waals surface area contributed by atoms with Crippen molar-refractivity contribution in [3.05, 3.63) is 11.6 Å². The number of nitriles is 1. The molecule has 5 nitrogen and oxygen atoms in total. The highest BCUT2D eigenvalue weighted by molar-refractivity contribution is 5.97. The summed E-state index contributed by atoms with van der Waals surface area (Å²) < 4.78 is 0. The molecule has 5 aliphatic rings. The highest BCUT2D eigenvalue weighted by Crippen LogP contribution is 2.75. The zero-order valence-electron chi connectivity index (χ0n) is 23.2. The number of allylic oxidation sites excluding steroid dienone is 2. The Balaban J connectivity index is 1.65. The average molecular weight is 494 g/mol. The van der Waals surface area contributed by atoms with E-state index in [0.29, 0.717) is 19.3 Å². The fraction of sp³-hybridized carbons (Fsp3) is 0.806. The first-order chi connectivity index (χ1) is 16.5. The van der Waals surface area contributed by atoms with Crippen LogP contribution >= 0.6 is 0 Å². The maximum Gasteiger partial charge on any atom is 0.309 e. The normalized spacial score (nSPS) is 51.6. The van der Waals surface area contributed by atoms with Crippen LogP contribution in [0.4, 0.5) is 0 Å². The molecular formula is C31H43NO4. The summed E-state index contributed by atoms with van der Waals surface area (Å²) in [6.45, 7) is 15.0. The van der Waals surface area contributed by atoms with Crippen molar-refractivity contribution in [2.75, 3.05) is 0 Å². The Labute approximate surface area is 216 Å². The van der Waals surface area contributed by atoms with Gasteiger partial charge in [-0.25, -0.2) is 0 Å². The topological polar surface area (TPSA) is 95.2 Å². The van der Waals surface area contributed by atoms with Crippen molar-refractivity contribution >= 4 is 17.5 Å². The second-order valence-corrected chi connectivity index (χ2v) is 15.0. The van der Waals surface area contributed by atoms with Gasteiger partial charge in [0.15, 0.2) is 11.6 Å². The molecule has 196 valence electrons. The molecule has 0 aliphatic heterocycles. The highest BCUT2D eigenvalue weighted by atomic mass is 16.4. The van der Waals surface area contributed by atoms with Crippen LogP contribution in [0.15, 0.2) is 11.6 Å². The summed E-state index contributed by atoms with van der Waals surface area (Å²) in [7, 11) is 0. The number of carboxylic acid groups (broad SMARTS) is 1. The van der Waals surface area contributed by atoms with Crippen molar-refractivity contribution in [2.45, 2.75) is 99.8 Å². The molecule has 0 amide bonds. The Bertz CT molecular complexity index is 1130. The van der Waals surface area contributed by atoms with Crippen molar-refractivity contribution in [1.82, 2.24) is 0 Å². The lowest BCUT2D eigenvalue weighted by molar-refractivity contribution is -0.191. The van der Waals surface area contributed by atoms with Crippen molar-refractivity contribution in [3.8, 4) is 6.07 Å². The number of nitrogens with zero attached hydrogens (tertiary/aromatic N) is 1. The number of aliphatic carboxylic acids is 1. The average Bonchev–Trinajstić information content (AvgIpc) is 2.78. The van der Waals surface area contributed by atoms with E-state index < -0.39 is 28.1 Å². The Morgan fingerprint density at radius 2 is 1.61 bits per heavy atom. The zero-order valence-corrected chi connectivity index (χ0v) is 23.2. The first kappa shape index (κ1) is 25.7. The van der Waals surface area contributed by atoms with E-state index in [-0.39, 0.29) is 45.6 Å². The van der Waals surface area contributed by atoms with E-state index in [2.05, 4.69) is 33.8 Å². The quantitative estimate of drug-likeness (QED) is 0.458. The minimum Gasteiger partial charge on any atom is -0.481 e. The summed E-state index contributed by atoms with van der Waals surface area (Å²) in [5, 5.41) is 20.0. The molecule has 0 bridgehead atoms. The van der Waals surface area contributed by atoms with Crippen molar-refractivity contribution in [1.29, 1.82) is 5.26 Å². The largest absolute Gasteiger partial charge is 0.481 e. The maximum atomic E-state index is 14.3. The molecule has 1 unspecified atom stereocenters. The predicted octanol–water partition coefficient (Wildman–Crippen LogP) is 6.37. The molecule has 4 saturated carbocycles. The van der Waals surface area contributed by atoms with Crippen LogP contribution in [0.25, 0.3) is 0 Å². The van der Waals surface area contributed by atoms with Crippen LogP contribution in [0.1, 0.15) is 99.8 Å². The van der Waals surface area contributed by atoms with Crippen LogP contribution < -0.4 is 0 Å². The molecule has 0 radical (unpaired) electrons. The smallest absolute Gasteiger partial charge is 0.309 e. The standard InChI is InChI=1S/C31H43NO4/c1-26(2)22-8-9-31(7)23(29(22,5)15-18(17-32)24(26)34)21(33)14-19-20-16-28(4,25(35)36)11-10-27(20,3)12-13-30(19,31)6/h14,18,20,22-23H,8-13,15-16H2,1-7H3,(H,35,36)/t18?,20-,22+,23-,27-,28+,29+,30-,31-/m1/s1. The van der Waals surface area contributed by atoms with Gasteiger partial charge in [0.05, 0.1) is 11.5 Å². The van der Waals surface area contributed by atoms with Crippen molar-refractivity contribution in [3.63, 3.8) is 0 Å². The number of fused-ring (bicyclic) bond motifs is 7. The van der Waals surface area contributed by atoms with Gasteiger partial charge >= 0.3 is 5.97 Å². The predicted molar refractivity (Wildman–Crippen MR) is 137 cm³/mol. The molecule has 36 heavy (non-hydrogen) atoms. The van der Waals surface area contributed by atoms with Gasteiger partial charge in [-0.1, -0.05) is 47.1 Å². The van der Waals surface area contributed by atoms with Gasteiger partial charge in [-0.05, 0) is 97.9 Å². The Morgan fingerprint density at radius 1 is 0.972 bits per heavy atom. The number of carbonyl (C=O) groups excluding carboxylic acids is 2. The molecular weight excluding hydrogens is 450 g/mol. The molecule has 9 atom stereocenters. The number of hydrogen-bond acceptors (Lipinski definition) is 4. The van der Waals surface area contributed by atoms with Gasteiger partial charge in [0.1, 0.15) is 5.92 Å². The minimum atomic E-state index is -0.762. The maximum absolute atomic E-state index is 14.3. The summed E-state index contributed by atoms with van der Waals surface area (Å²) in [5.41, 5.74) is -1.08. The molecule has 5 rings (SSSR count). The lowest BCUT2D eigenvalue weighted by atomic mass is 9.33. The first-order valence-corrected chi connectivity index (χ1v) is 13.9. The molecule has 0 saturated heterocycles. The van der Waals surface area contributed by atoms with Crippen LogP contribution in [0.2, 0.25) is 0 Å². The van der Waals surface area contributed by atoms with Gasteiger partial charge < -0.3 is 5.11 Å². The second-order valence-electron chi connectivity index (χ2n) is 15.0. The molecule has 0 heterocycles. The summed E-state index contributed by atoms with van der Waals surface area (Å²) in [5.74, 6) is -1.29. The van der Waals surface area contributed by atoms with Crippen molar-refractivity contribution in [2.24, 2.45) is 56.2 Å². The number of rotatable bonds is 1. The summed E-state index contributed by atoms with van der Waals surface area (Å²) in [4.78, 5) is 39.8. The Hall–Kier alpha value is -1.96. The lowest BCUT2D eigenvalue weighted by Gasteiger charge is -2.70. The Kier molecular flexibility index (Phi) is 5.23. The van der Waals surface area contributed by atoms with E-state index >= 15 is 0 Å². The summed E-state index contributed by atoms with van der Waals surface area (Å²) >= 11 is 0. The fourth-order valence-electron chi connectivity index (χ4n) is 10.5. The molecule has 0 aromatic carbocycles. The van der Waals surface area contributed by atoms with E-state index in [1.807, 2.05) is 26.8 Å². The minimum absolute atomic E-state index is 0.0238. The second kappa shape index (κ2) is 7.33. The SMILES string of the molecule is CC1(C)C(=O)C(C#N)C[C@]2(C)[C@H]3C(=O)C=C4[C@H]5C[C@@](C)(C(=O)O)CC[C@]5(C)CC[C@@]4(C)[C@]3(C)CC[C@@H]12. The first-order valence-electron chi connectivity index (χ1n) is 13.9. The van der Waals surface area contributed by atoms with Gasteiger partial charge in [0, 0.05) is 11.3 Å². The van der Waals surface area contributed by atoms with Gasteiger partial charge in [-0.2, -0.15) is 5.26 Å². The third-order valence-corrected chi connectivity index (χ3v) is 13.0. The van der Waals surface area contributed by atoms with E-state index in [4.69, 9.17) is 0 Å². The number of carbonyl (C=O) groups is 3. The zero-order chi connectivity index (χ0) is 26.7. The van der Waals surface area contributed by atoms with Gasteiger partial charge in [-0.3, -0.25) is 14.4 Å². The molecule has 1 N–H and O–H groups in total. The van der Waals surface area contributed by atoms with Crippen LogP contribution in [-0.4, -0.2) is 22.6 Å². The molecule has 0 spiro atoms. The van der Waals surface area contributed by atoms with Gasteiger partial charge in [0.25, 0.3) is 0 Å². The third kappa shape index (κ3) is 2.91. The Morgan fingerprint density at radius 3 is 2.22 bits per heavy atom. The van der Waals surface area contributed by atoms with E-state index in [1.54, 1.807) is 0 Å². The van der Waals surface area contributed by atoms with E-state index in [0.717, 1.165) is 32.1 Å². The fourth-order valence-corrected chi connectivity index (χ4v) is 10.5. The van der Waals surface area contributed by atoms with E-state index in [1.165, 1.54) is 5.57 Å². The van der Waals surface area contributed by atoms with Crippen LogP contribution in [0.5, 0.6) is 0 Å². The number of hydrogen-bond donors (Lipinski definition) is 1. The van der Waals surface area contributed by atoms with Crippen molar-refractivity contribution < 1.29 is 19.5 Å². The summed E-state index contributed by atoms with van der Waals surface area (Å²) in [6, 6.07) is 2.29. The number of ketones is 2. The molecule has 0 aromatic rings. The molecule has 0 aromatic heterocycles. The third-order valence-electron chi connectivity index (χ3n) is 13.0. The van der Waals surface area contributed by atoms with Crippen LogP contribution in [-0.2, 0) is 14.4 Å². The highest BCUT2D eigenvalue weighted by Gasteiger charge is 2.71. The molecule has 5 heteroatoms. The number of Topliss-reactive ketones (excluding diaryl/α,β-unsaturated/α-hetero) is 1. The number of carboxylic acids is 1. The monoisotopic (exact) mass is 493 g/mol. The van der Waals surface area contributed by atoms with Crippen LogP contribution in [0.3, 0.4) is 0 Å². The van der Waals surface area contributed by atoms with E-state index in [9.17, 15) is 24.8 Å². The van der Waals surface area contributed by atoms with Crippen LogP contribution in [0, 0.1) is 67.5 Å². The lowest BCUT2D eigenvalue weighted by Crippen LogP contribution is -2.67. The molecule has 4 fully saturated rings. The van der Waals surface area contributed by atoms with Gasteiger partial charge in [0.2, 0.25) is 0 Å². The molecule has 5 aliphatic carbocycles.